The molecule has 1 N–H and O–H groups in total. The second-order valence-corrected chi connectivity index (χ2v) is 7.67. The van der Waals surface area contributed by atoms with E-state index in [1.54, 1.807) is 7.11 Å². The monoisotopic (exact) mass is 486 g/mol. The summed E-state index contributed by atoms with van der Waals surface area (Å²) in [4.78, 5) is 9.89. The van der Waals surface area contributed by atoms with Crippen molar-refractivity contribution in [1.29, 1.82) is 0 Å². The average molecular weight is 486 g/mol. The minimum Gasteiger partial charge on any atom is -0.497 e. The van der Waals surface area contributed by atoms with E-state index < -0.39 is 0 Å². The number of anilines is 1. The van der Waals surface area contributed by atoms with Gasteiger partial charge < -0.3 is 19.9 Å². The highest BCUT2D eigenvalue weighted by atomic mass is 127. The topological polar surface area (TPSA) is 40.1 Å². The van der Waals surface area contributed by atoms with Crippen molar-refractivity contribution < 1.29 is 4.74 Å². The third-order valence-corrected chi connectivity index (χ3v) is 5.62. The van der Waals surface area contributed by atoms with E-state index in [4.69, 9.17) is 9.73 Å². The molecule has 5 nitrogen and oxygen atoms in total. The van der Waals surface area contributed by atoms with Gasteiger partial charge in [0.2, 0.25) is 0 Å². The zero-order valence-electron chi connectivity index (χ0n) is 17.0. The Morgan fingerprint density at radius 3 is 2.70 bits per heavy atom. The van der Waals surface area contributed by atoms with Gasteiger partial charge in [0.1, 0.15) is 5.75 Å². The van der Waals surface area contributed by atoms with Gasteiger partial charge in [0, 0.05) is 51.0 Å². The van der Waals surface area contributed by atoms with E-state index in [0.717, 1.165) is 56.9 Å². The number of likely N-dealkylation sites (tertiary alicyclic amines) is 1. The number of halogens is 1. The van der Waals surface area contributed by atoms with Gasteiger partial charge in [-0.05, 0) is 50.2 Å². The van der Waals surface area contributed by atoms with Crippen molar-refractivity contribution in [3.8, 4) is 5.75 Å². The maximum Gasteiger partial charge on any atom is 0.193 e. The van der Waals surface area contributed by atoms with E-state index >= 15 is 0 Å². The predicted molar refractivity (Wildman–Crippen MR) is 125 cm³/mol. The van der Waals surface area contributed by atoms with Crippen molar-refractivity contribution in [3.63, 3.8) is 0 Å². The Morgan fingerprint density at radius 2 is 2.00 bits per heavy atom. The van der Waals surface area contributed by atoms with E-state index in [-0.39, 0.29) is 24.0 Å². The molecule has 2 aliphatic heterocycles. The fraction of sp³-hybridized carbons (Fsp3) is 0.667. The Kier molecular flexibility index (Phi) is 8.99. The summed E-state index contributed by atoms with van der Waals surface area (Å²) in [6, 6.07) is 8.38. The minimum absolute atomic E-state index is 0. The SMILES string of the molecule is CCNC(=NCC1CCN(c2cccc(OC)c2)C1)N1CCC(C)CC1.I. The largest absolute Gasteiger partial charge is 0.497 e. The summed E-state index contributed by atoms with van der Waals surface area (Å²) in [5.74, 6) is 3.51. The number of nitrogens with zero attached hydrogens (tertiary/aromatic N) is 3. The van der Waals surface area contributed by atoms with Crippen LogP contribution < -0.4 is 15.0 Å². The number of guanidine groups is 1. The second kappa shape index (κ2) is 11.0. The molecule has 2 heterocycles. The van der Waals surface area contributed by atoms with Crippen LogP contribution in [0.4, 0.5) is 5.69 Å². The highest BCUT2D eigenvalue weighted by molar-refractivity contribution is 14.0. The fourth-order valence-electron chi connectivity index (χ4n) is 3.89. The van der Waals surface area contributed by atoms with E-state index in [0.29, 0.717) is 5.92 Å². The van der Waals surface area contributed by atoms with Gasteiger partial charge in [-0.1, -0.05) is 13.0 Å². The lowest BCUT2D eigenvalue weighted by atomic mass is 9.99. The first-order valence-electron chi connectivity index (χ1n) is 10.1. The van der Waals surface area contributed by atoms with Crippen molar-refractivity contribution in [1.82, 2.24) is 10.2 Å². The molecule has 0 amide bonds. The normalized spacial score (nSPS) is 21.1. The molecule has 0 aliphatic carbocycles. The van der Waals surface area contributed by atoms with E-state index in [2.05, 4.69) is 47.2 Å². The Balaban J connectivity index is 0.00000261. The van der Waals surface area contributed by atoms with E-state index in [1.807, 2.05) is 6.07 Å². The standard InChI is InChI=1S/C21H34N4O.HI/c1-4-22-21(24-11-8-17(2)9-12-24)23-15-18-10-13-25(16-18)19-6-5-7-20(14-19)26-3;/h5-7,14,17-18H,4,8-13,15-16H2,1-3H3,(H,22,23);1H. The zero-order valence-corrected chi connectivity index (χ0v) is 19.3. The predicted octanol–water partition coefficient (Wildman–Crippen LogP) is 3.84. The Morgan fingerprint density at radius 1 is 1.22 bits per heavy atom. The van der Waals surface area contributed by atoms with Crippen LogP contribution in [0.5, 0.6) is 5.75 Å². The number of nitrogens with one attached hydrogen (secondary N) is 1. The van der Waals surface area contributed by atoms with Crippen LogP contribution in [0.1, 0.15) is 33.1 Å². The lowest BCUT2D eigenvalue weighted by Crippen LogP contribution is -2.45. The molecule has 0 spiro atoms. The van der Waals surface area contributed by atoms with Gasteiger partial charge in [-0.3, -0.25) is 4.99 Å². The summed E-state index contributed by atoms with van der Waals surface area (Å²) in [5, 5.41) is 3.49. The average Bonchev–Trinajstić information content (AvgIpc) is 3.15. The van der Waals surface area contributed by atoms with E-state index in [1.165, 1.54) is 24.9 Å². The van der Waals surface area contributed by atoms with Gasteiger partial charge in [-0.2, -0.15) is 0 Å². The molecule has 3 rings (SSSR count). The first-order chi connectivity index (χ1) is 12.7. The molecule has 1 unspecified atom stereocenters. The molecule has 1 aromatic carbocycles. The van der Waals surface area contributed by atoms with Crippen LogP contribution in [0.15, 0.2) is 29.3 Å². The van der Waals surface area contributed by atoms with Gasteiger partial charge in [-0.15, -0.1) is 24.0 Å². The number of hydrogen-bond donors (Lipinski definition) is 1. The molecule has 27 heavy (non-hydrogen) atoms. The quantitative estimate of drug-likeness (QED) is 0.390. The summed E-state index contributed by atoms with van der Waals surface area (Å²) in [5.41, 5.74) is 1.26. The van der Waals surface area contributed by atoms with Gasteiger partial charge in [0.15, 0.2) is 5.96 Å². The summed E-state index contributed by atoms with van der Waals surface area (Å²) in [7, 11) is 1.73. The molecule has 0 radical (unpaired) electrons. The van der Waals surface area contributed by atoms with Crippen LogP contribution in [-0.2, 0) is 0 Å². The molecule has 1 aromatic rings. The fourth-order valence-corrected chi connectivity index (χ4v) is 3.89. The van der Waals surface area contributed by atoms with Crippen molar-refractivity contribution in [3.05, 3.63) is 24.3 Å². The molecule has 0 aromatic heterocycles. The molecule has 2 saturated heterocycles. The van der Waals surface area contributed by atoms with Crippen molar-refractivity contribution >= 4 is 35.6 Å². The second-order valence-electron chi connectivity index (χ2n) is 7.67. The van der Waals surface area contributed by atoms with Crippen molar-refractivity contribution in [2.45, 2.75) is 33.1 Å². The number of rotatable bonds is 5. The summed E-state index contributed by atoms with van der Waals surface area (Å²) in [6.07, 6.45) is 3.76. The van der Waals surface area contributed by atoms with Crippen LogP contribution in [0.2, 0.25) is 0 Å². The Labute approximate surface area is 181 Å². The highest BCUT2D eigenvalue weighted by Gasteiger charge is 2.24. The third-order valence-electron chi connectivity index (χ3n) is 5.62. The number of benzene rings is 1. The molecule has 6 heteroatoms. The molecule has 0 saturated carbocycles. The molecule has 2 fully saturated rings. The minimum atomic E-state index is 0. The lowest BCUT2D eigenvalue weighted by molar-refractivity contribution is 0.273. The van der Waals surface area contributed by atoms with Crippen molar-refractivity contribution in [2.75, 3.05) is 51.3 Å². The molecular formula is C21H35IN4O. The third kappa shape index (κ3) is 6.16. The first kappa shape index (κ1) is 22.1. The Bertz CT molecular complexity index is 602. The summed E-state index contributed by atoms with van der Waals surface area (Å²) >= 11 is 0. The molecule has 1 atom stereocenters. The molecular weight excluding hydrogens is 451 g/mol. The van der Waals surface area contributed by atoms with Gasteiger partial charge in [-0.25, -0.2) is 0 Å². The molecule has 152 valence electrons. The summed E-state index contributed by atoms with van der Waals surface area (Å²) in [6.45, 7) is 10.8. The maximum atomic E-state index is 5.36. The number of aliphatic imine (C=N–C) groups is 1. The number of piperidine rings is 1. The maximum absolute atomic E-state index is 5.36. The molecule has 2 aliphatic rings. The van der Waals surface area contributed by atoms with Crippen LogP contribution in [0, 0.1) is 11.8 Å². The number of hydrogen-bond acceptors (Lipinski definition) is 3. The number of ether oxygens (including phenoxy) is 1. The molecule has 0 bridgehead atoms. The highest BCUT2D eigenvalue weighted by Crippen LogP contribution is 2.27. The summed E-state index contributed by atoms with van der Waals surface area (Å²) < 4.78 is 5.36. The smallest absolute Gasteiger partial charge is 0.193 e. The van der Waals surface area contributed by atoms with Gasteiger partial charge in [0.05, 0.1) is 7.11 Å². The van der Waals surface area contributed by atoms with Crippen molar-refractivity contribution in [2.24, 2.45) is 16.8 Å². The van der Waals surface area contributed by atoms with Crippen LogP contribution >= 0.6 is 24.0 Å². The number of methoxy groups -OCH3 is 1. The zero-order chi connectivity index (χ0) is 18.4. The van der Waals surface area contributed by atoms with Gasteiger partial charge >= 0.3 is 0 Å². The first-order valence-corrected chi connectivity index (χ1v) is 10.1. The van der Waals surface area contributed by atoms with Gasteiger partial charge in [0.25, 0.3) is 0 Å². The van der Waals surface area contributed by atoms with Crippen LogP contribution in [0.25, 0.3) is 0 Å². The lowest BCUT2D eigenvalue weighted by Gasteiger charge is -2.33. The van der Waals surface area contributed by atoms with Crippen LogP contribution in [0.3, 0.4) is 0 Å². The van der Waals surface area contributed by atoms with E-state index in [9.17, 15) is 0 Å². The van der Waals surface area contributed by atoms with Crippen LogP contribution in [-0.4, -0.2) is 57.2 Å². The Hall–Kier alpha value is -1.18.